The molecule has 0 atom stereocenters. The largest absolute Gasteiger partial charge is 0.497 e. The molecule has 0 aliphatic heterocycles. The van der Waals surface area contributed by atoms with E-state index >= 15 is 0 Å². The van der Waals surface area contributed by atoms with Crippen LogP contribution in [0.25, 0.3) is 0 Å². The Balaban J connectivity index is 1.49. The molecule has 7 nitrogen and oxygen atoms in total. The molecule has 3 rings (SSSR count). The zero-order valence-electron chi connectivity index (χ0n) is 17.1. The summed E-state index contributed by atoms with van der Waals surface area (Å²) < 4.78 is 21.5. The fourth-order valence-electron chi connectivity index (χ4n) is 2.70. The standard InChI is InChI=1S/C24H23NO6/c1-28-20-11-7-8-18(16-20)25-23(26)17-31-24(27)21-12-5-6-13-22(21)30-15-14-29-19-9-3-2-4-10-19/h2-13,16H,14-15,17H2,1H3,(H,25,26). The maximum atomic E-state index is 12.4. The van der Waals surface area contributed by atoms with E-state index in [0.29, 0.717) is 23.8 Å². The van der Waals surface area contributed by atoms with Crippen LogP contribution in [-0.2, 0) is 9.53 Å². The number of hydrogen-bond donors (Lipinski definition) is 1. The number of carbonyl (C=O) groups is 2. The summed E-state index contributed by atoms with van der Waals surface area (Å²) in [7, 11) is 1.54. The van der Waals surface area contributed by atoms with Gasteiger partial charge in [-0.3, -0.25) is 4.79 Å². The lowest BCUT2D eigenvalue weighted by atomic mass is 10.2. The highest BCUT2D eigenvalue weighted by Crippen LogP contribution is 2.20. The summed E-state index contributed by atoms with van der Waals surface area (Å²) in [5.74, 6) is 0.590. The second kappa shape index (κ2) is 11.3. The molecule has 0 radical (unpaired) electrons. The molecule has 0 heterocycles. The molecule has 1 N–H and O–H groups in total. The molecule has 0 aliphatic carbocycles. The summed E-state index contributed by atoms with van der Waals surface area (Å²) in [5, 5.41) is 2.65. The number of ether oxygens (including phenoxy) is 4. The lowest BCUT2D eigenvalue weighted by molar-refractivity contribution is -0.119. The van der Waals surface area contributed by atoms with E-state index in [1.807, 2.05) is 30.3 Å². The number of esters is 1. The van der Waals surface area contributed by atoms with E-state index < -0.39 is 18.5 Å². The van der Waals surface area contributed by atoms with Crippen molar-refractivity contribution in [1.29, 1.82) is 0 Å². The minimum Gasteiger partial charge on any atom is -0.497 e. The Morgan fingerprint density at radius 3 is 2.32 bits per heavy atom. The average Bonchev–Trinajstić information content (AvgIpc) is 2.81. The van der Waals surface area contributed by atoms with Crippen molar-refractivity contribution in [2.75, 3.05) is 32.2 Å². The zero-order chi connectivity index (χ0) is 21.9. The van der Waals surface area contributed by atoms with Crippen LogP contribution in [0.1, 0.15) is 10.4 Å². The van der Waals surface area contributed by atoms with E-state index in [-0.39, 0.29) is 12.2 Å². The molecule has 7 heteroatoms. The summed E-state index contributed by atoms with van der Waals surface area (Å²) in [5.41, 5.74) is 0.777. The van der Waals surface area contributed by atoms with Gasteiger partial charge in [-0.2, -0.15) is 0 Å². The van der Waals surface area contributed by atoms with Gasteiger partial charge in [0.25, 0.3) is 5.91 Å². The van der Waals surface area contributed by atoms with Gasteiger partial charge in [0, 0.05) is 11.8 Å². The quantitative estimate of drug-likeness (QED) is 0.394. The van der Waals surface area contributed by atoms with E-state index in [1.54, 1.807) is 48.5 Å². The number of hydrogen-bond acceptors (Lipinski definition) is 6. The van der Waals surface area contributed by atoms with E-state index in [9.17, 15) is 9.59 Å². The number of anilines is 1. The van der Waals surface area contributed by atoms with Gasteiger partial charge in [0.2, 0.25) is 0 Å². The highest BCUT2D eigenvalue weighted by molar-refractivity contribution is 5.96. The van der Waals surface area contributed by atoms with Crippen molar-refractivity contribution in [3.05, 3.63) is 84.4 Å². The van der Waals surface area contributed by atoms with Gasteiger partial charge in [0.1, 0.15) is 36.0 Å². The van der Waals surface area contributed by atoms with E-state index in [2.05, 4.69) is 5.32 Å². The third-order valence-corrected chi connectivity index (χ3v) is 4.15. The maximum Gasteiger partial charge on any atom is 0.342 e. The molecule has 0 bridgehead atoms. The normalized spacial score (nSPS) is 10.1. The second-order valence-electron chi connectivity index (χ2n) is 6.36. The molecule has 3 aromatic rings. The number of amides is 1. The number of para-hydroxylation sites is 2. The Labute approximate surface area is 180 Å². The molecule has 3 aromatic carbocycles. The fraction of sp³-hybridized carbons (Fsp3) is 0.167. The smallest absolute Gasteiger partial charge is 0.342 e. The molecule has 0 saturated heterocycles. The van der Waals surface area contributed by atoms with Crippen molar-refractivity contribution < 1.29 is 28.5 Å². The van der Waals surface area contributed by atoms with E-state index in [4.69, 9.17) is 18.9 Å². The summed E-state index contributed by atoms with van der Waals surface area (Å²) >= 11 is 0. The summed E-state index contributed by atoms with van der Waals surface area (Å²) in [6.07, 6.45) is 0. The molecule has 0 spiro atoms. The van der Waals surface area contributed by atoms with Gasteiger partial charge in [0.05, 0.1) is 7.11 Å². The molecule has 0 saturated carbocycles. The highest BCUT2D eigenvalue weighted by atomic mass is 16.5. The third-order valence-electron chi connectivity index (χ3n) is 4.15. The Morgan fingerprint density at radius 2 is 1.52 bits per heavy atom. The topological polar surface area (TPSA) is 83.1 Å². The summed E-state index contributed by atoms with van der Waals surface area (Å²) in [6, 6.07) is 22.9. The van der Waals surface area contributed by atoms with Crippen LogP contribution in [0.4, 0.5) is 5.69 Å². The Hall–Kier alpha value is -4.00. The van der Waals surface area contributed by atoms with Crippen molar-refractivity contribution in [3.8, 4) is 17.2 Å². The fourth-order valence-corrected chi connectivity index (χ4v) is 2.70. The lowest BCUT2D eigenvalue weighted by Gasteiger charge is -2.12. The number of rotatable bonds is 10. The molecule has 0 fully saturated rings. The molecule has 0 aromatic heterocycles. The summed E-state index contributed by atoms with van der Waals surface area (Å²) in [4.78, 5) is 24.5. The first-order valence-corrected chi connectivity index (χ1v) is 9.66. The van der Waals surface area contributed by atoms with Crippen LogP contribution in [0.5, 0.6) is 17.2 Å². The predicted octanol–water partition coefficient (Wildman–Crippen LogP) is 3.95. The van der Waals surface area contributed by atoms with Crippen LogP contribution >= 0.6 is 0 Å². The predicted molar refractivity (Wildman–Crippen MR) is 116 cm³/mol. The average molecular weight is 421 g/mol. The SMILES string of the molecule is COc1cccc(NC(=O)COC(=O)c2ccccc2OCCOc2ccccc2)c1. The van der Waals surface area contributed by atoms with Crippen LogP contribution in [0.3, 0.4) is 0 Å². The number of carbonyl (C=O) groups excluding carboxylic acids is 2. The van der Waals surface area contributed by atoms with Gasteiger partial charge in [-0.1, -0.05) is 36.4 Å². The Morgan fingerprint density at radius 1 is 0.806 bits per heavy atom. The number of benzene rings is 3. The first-order chi connectivity index (χ1) is 15.2. The van der Waals surface area contributed by atoms with Crippen LogP contribution in [0.2, 0.25) is 0 Å². The van der Waals surface area contributed by atoms with Gasteiger partial charge < -0.3 is 24.3 Å². The monoisotopic (exact) mass is 421 g/mol. The molecular formula is C24H23NO6. The van der Waals surface area contributed by atoms with Crippen molar-refractivity contribution in [2.24, 2.45) is 0 Å². The van der Waals surface area contributed by atoms with Gasteiger partial charge in [-0.15, -0.1) is 0 Å². The van der Waals surface area contributed by atoms with Crippen LogP contribution < -0.4 is 19.5 Å². The van der Waals surface area contributed by atoms with Crippen LogP contribution in [0, 0.1) is 0 Å². The first-order valence-electron chi connectivity index (χ1n) is 9.66. The van der Waals surface area contributed by atoms with Crippen molar-refractivity contribution in [3.63, 3.8) is 0 Å². The summed E-state index contributed by atoms with van der Waals surface area (Å²) in [6.45, 7) is 0.132. The first kappa shape index (κ1) is 21.7. The third kappa shape index (κ3) is 6.78. The Bertz CT molecular complexity index is 1010. The van der Waals surface area contributed by atoms with Crippen molar-refractivity contribution >= 4 is 17.6 Å². The van der Waals surface area contributed by atoms with Gasteiger partial charge in [-0.05, 0) is 36.4 Å². The minimum absolute atomic E-state index is 0.233. The molecule has 1 amide bonds. The maximum absolute atomic E-state index is 12.4. The lowest BCUT2D eigenvalue weighted by Crippen LogP contribution is -2.21. The molecule has 31 heavy (non-hydrogen) atoms. The van der Waals surface area contributed by atoms with Gasteiger partial charge in [0.15, 0.2) is 6.61 Å². The van der Waals surface area contributed by atoms with Crippen molar-refractivity contribution in [1.82, 2.24) is 0 Å². The second-order valence-corrected chi connectivity index (χ2v) is 6.36. The molecule has 0 unspecified atom stereocenters. The highest BCUT2D eigenvalue weighted by Gasteiger charge is 2.15. The van der Waals surface area contributed by atoms with Crippen LogP contribution in [0.15, 0.2) is 78.9 Å². The Kier molecular flexibility index (Phi) is 7.88. The number of methoxy groups -OCH3 is 1. The van der Waals surface area contributed by atoms with Crippen LogP contribution in [-0.4, -0.2) is 38.8 Å². The molecule has 160 valence electrons. The number of nitrogens with one attached hydrogen (secondary N) is 1. The van der Waals surface area contributed by atoms with E-state index in [1.165, 1.54) is 7.11 Å². The zero-order valence-corrected chi connectivity index (χ0v) is 17.1. The molecular weight excluding hydrogens is 398 g/mol. The minimum atomic E-state index is -0.652. The van der Waals surface area contributed by atoms with Crippen molar-refractivity contribution in [2.45, 2.75) is 0 Å². The van der Waals surface area contributed by atoms with E-state index in [0.717, 1.165) is 5.75 Å². The van der Waals surface area contributed by atoms with Gasteiger partial charge >= 0.3 is 5.97 Å². The molecule has 0 aliphatic rings. The van der Waals surface area contributed by atoms with Gasteiger partial charge in [-0.25, -0.2) is 4.79 Å².